The van der Waals surface area contributed by atoms with Gasteiger partial charge in [-0.15, -0.1) is 0 Å². The van der Waals surface area contributed by atoms with Gasteiger partial charge in [-0.25, -0.2) is 14.8 Å². The highest BCUT2D eigenvalue weighted by Gasteiger charge is 2.48. The number of aryl methyl sites for hydroxylation is 2. The summed E-state index contributed by atoms with van der Waals surface area (Å²) in [6, 6.07) is 1.48. The van der Waals surface area contributed by atoms with Crippen molar-refractivity contribution in [2.24, 2.45) is 10.9 Å². The van der Waals surface area contributed by atoms with Gasteiger partial charge in [0.1, 0.15) is 11.2 Å². The molecule has 7 nitrogen and oxygen atoms in total. The highest BCUT2D eigenvalue weighted by molar-refractivity contribution is 6.18. The largest absolute Gasteiger partial charge is 0.478 e. The quantitative estimate of drug-likeness (QED) is 0.857. The first kappa shape index (κ1) is 16.6. The molecule has 120 valence electrons. The Bertz CT molecular complexity index is 776. The van der Waals surface area contributed by atoms with E-state index in [-0.39, 0.29) is 23.0 Å². The Hall–Kier alpha value is -2.75. The number of nitriles is 1. The topological polar surface area (TPSA) is 107 Å². The summed E-state index contributed by atoms with van der Waals surface area (Å²) >= 11 is 0. The smallest absolute Gasteiger partial charge is 0.338 e. The van der Waals surface area contributed by atoms with Crippen LogP contribution in [-0.2, 0) is 4.79 Å². The fourth-order valence-corrected chi connectivity index (χ4v) is 2.31. The fraction of sp³-hybridized carbons (Fsp3) is 0.438. The normalized spacial score (nSPS) is 20.7. The monoisotopic (exact) mass is 314 g/mol. The van der Waals surface area contributed by atoms with Crippen molar-refractivity contribution < 1.29 is 14.7 Å². The first-order valence-electron chi connectivity index (χ1n) is 7.19. The van der Waals surface area contributed by atoms with Gasteiger partial charge < -0.3 is 5.11 Å². The number of amidine groups is 1. The van der Waals surface area contributed by atoms with Crippen molar-refractivity contribution >= 4 is 17.7 Å². The van der Waals surface area contributed by atoms with Crippen LogP contribution in [0.4, 0.5) is 0 Å². The third-order valence-corrected chi connectivity index (χ3v) is 4.32. The number of amides is 1. The average molecular weight is 314 g/mol. The molecule has 1 unspecified atom stereocenters. The third kappa shape index (κ3) is 2.46. The maximum absolute atomic E-state index is 12.5. The molecule has 0 bridgehead atoms. The maximum Gasteiger partial charge on any atom is 0.338 e. The lowest BCUT2D eigenvalue weighted by Gasteiger charge is -2.22. The van der Waals surface area contributed by atoms with Crippen LogP contribution in [0.15, 0.2) is 11.1 Å². The Morgan fingerprint density at radius 1 is 1.43 bits per heavy atom. The van der Waals surface area contributed by atoms with Crippen LogP contribution in [0.5, 0.6) is 0 Å². The molecule has 0 saturated heterocycles. The molecule has 0 aliphatic carbocycles. The Kier molecular flexibility index (Phi) is 3.95. The number of aliphatic imine (C=N–C) groups is 1. The number of carboxylic acid groups (broad SMARTS) is 1. The second kappa shape index (κ2) is 5.47. The Morgan fingerprint density at radius 3 is 2.52 bits per heavy atom. The van der Waals surface area contributed by atoms with E-state index in [2.05, 4.69) is 9.98 Å². The van der Waals surface area contributed by atoms with E-state index in [4.69, 9.17) is 0 Å². The van der Waals surface area contributed by atoms with E-state index >= 15 is 0 Å². The van der Waals surface area contributed by atoms with E-state index in [1.54, 1.807) is 27.0 Å². The first-order valence-corrected chi connectivity index (χ1v) is 7.19. The van der Waals surface area contributed by atoms with Gasteiger partial charge >= 0.3 is 5.97 Å². The highest BCUT2D eigenvalue weighted by atomic mass is 16.4. The van der Waals surface area contributed by atoms with Gasteiger partial charge in [0.15, 0.2) is 12.0 Å². The van der Waals surface area contributed by atoms with Gasteiger partial charge in [-0.3, -0.25) is 4.79 Å². The Morgan fingerprint density at radius 2 is 2.04 bits per heavy atom. The van der Waals surface area contributed by atoms with Crippen LogP contribution in [0.25, 0.3) is 0 Å². The van der Waals surface area contributed by atoms with E-state index < -0.39 is 17.4 Å². The standard InChI is InChI=1S/C16H18N4O3/c1-8(2)16(5)15(23)20(7-17)13(19-16)12-11(14(21)22)6-9(3)10(4)18-12/h6,8H,1-5H3,(H,21,22). The molecular weight excluding hydrogens is 296 g/mol. The lowest BCUT2D eigenvalue weighted by atomic mass is 9.89. The van der Waals surface area contributed by atoms with Crippen molar-refractivity contribution in [1.82, 2.24) is 9.88 Å². The maximum atomic E-state index is 12.5. The molecule has 1 N–H and O–H groups in total. The number of aromatic carboxylic acids is 1. The number of nitrogens with zero attached hydrogens (tertiary/aromatic N) is 4. The van der Waals surface area contributed by atoms with Crippen molar-refractivity contribution in [2.75, 3.05) is 0 Å². The Labute approximate surface area is 134 Å². The zero-order valence-corrected chi connectivity index (χ0v) is 13.7. The summed E-state index contributed by atoms with van der Waals surface area (Å²) in [5, 5.41) is 18.8. The number of hydrogen-bond donors (Lipinski definition) is 1. The van der Waals surface area contributed by atoms with Gasteiger partial charge in [0.2, 0.25) is 0 Å². The fourth-order valence-electron chi connectivity index (χ4n) is 2.31. The molecular formula is C16H18N4O3. The van der Waals surface area contributed by atoms with Crippen molar-refractivity contribution in [3.63, 3.8) is 0 Å². The summed E-state index contributed by atoms with van der Waals surface area (Å²) < 4.78 is 0. The predicted octanol–water partition coefficient (Wildman–Crippen LogP) is 1.88. The van der Waals surface area contributed by atoms with Crippen molar-refractivity contribution in [2.45, 2.75) is 40.2 Å². The molecule has 2 rings (SSSR count). The molecule has 1 amide bonds. The van der Waals surface area contributed by atoms with Crippen LogP contribution in [0.1, 0.15) is 48.1 Å². The molecule has 23 heavy (non-hydrogen) atoms. The van der Waals surface area contributed by atoms with E-state index in [9.17, 15) is 20.0 Å². The summed E-state index contributed by atoms with van der Waals surface area (Å²) in [6.07, 6.45) is 1.79. The van der Waals surface area contributed by atoms with Gasteiger partial charge in [0.05, 0.1) is 5.56 Å². The summed E-state index contributed by atoms with van der Waals surface area (Å²) in [4.78, 5) is 33.6. The van der Waals surface area contributed by atoms with Crippen molar-refractivity contribution in [1.29, 1.82) is 5.26 Å². The molecule has 1 aliphatic rings. The third-order valence-electron chi connectivity index (χ3n) is 4.32. The molecule has 1 aliphatic heterocycles. The number of rotatable bonds is 3. The number of hydrogen-bond acceptors (Lipinski definition) is 5. The molecule has 0 fully saturated rings. The molecule has 0 radical (unpaired) electrons. The molecule has 0 saturated carbocycles. The minimum atomic E-state index is -1.18. The van der Waals surface area contributed by atoms with Crippen LogP contribution in [0.2, 0.25) is 0 Å². The molecule has 1 aromatic rings. The number of carboxylic acids is 1. The van der Waals surface area contributed by atoms with E-state index in [0.717, 1.165) is 4.90 Å². The minimum Gasteiger partial charge on any atom is -0.478 e. The van der Waals surface area contributed by atoms with Gasteiger partial charge in [-0.2, -0.15) is 10.2 Å². The average Bonchev–Trinajstić information content (AvgIpc) is 2.74. The van der Waals surface area contributed by atoms with Crippen LogP contribution in [-0.4, -0.2) is 38.2 Å². The van der Waals surface area contributed by atoms with Gasteiger partial charge in [-0.05, 0) is 38.3 Å². The second-order valence-electron chi connectivity index (χ2n) is 6.07. The van der Waals surface area contributed by atoms with Crippen LogP contribution < -0.4 is 0 Å². The molecule has 0 aromatic carbocycles. The van der Waals surface area contributed by atoms with Crippen molar-refractivity contribution in [3.05, 3.63) is 28.6 Å². The lowest BCUT2D eigenvalue weighted by molar-refractivity contribution is -0.129. The van der Waals surface area contributed by atoms with Gasteiger partial charge in [0, 0.05) is 5.69 Å². The molecule has 7 heteroatoms. The zero-order valence-electron chi connectivity index (χ0n) is 13.7. The molecule has 1 atom stereocenters. The first-order chi connectivity index (χ1) is 10.6. The summed E-state index contributed by atoms with van der Waals surface area (Å²) in [5.41, 5.74) is 0.191. The van der Waals surface area contributed by atoms with Crippen LogP contribution in [0, 0.1) is 31.2 Å². The predicted molar refractivity (Wildman–Crippen MR) is 82.9 cm³/mol. The van der Waals surface area contributed by atoms with Crippen molar-refractivity contribution in [3.8, 4) is 6.19 Å². The highest BCUT2D eigenvalue weighted by Crippen LogP contribution is 2.32. The van der Waals surface area contributed by atoms with Crippen LogP contribution in [0.3, 0.4) is 0 Å². The Balaban J connectivity index is 2.75. The molecule has 2 heterocycles. The number of pyridine rings is 1. The SMILES string of the molecule is Cc1cc(C(=O)O)c(C2=NC(C)(C(C)C)C(=O)N2C#N)nc1C. The van der Waals surface area contributed by atoms with Gasteiger partial charge in [0.25, 0.3) is 5.91 Å². The minimum absolute atomic E-state index is 0.00537. The number of carbonyl (C=O) groups is 2. The van der Waals surface area contributed by atoms with E-state index in [0.29, 0.717) is 11.3 Å². The van der Waals surface area contributed by atoms with E-state index in [1.165, 1.54) is 6.07 Å². The summed E-state index contributed by atoms with van der Waals surface area (Å²) in [7, 11) is 0. The van der Waals surface area contributed by atoms with E-state index in [1.807, 2.05) is 13.8 Å². The second-order valence-corrected chi connectivity index (χ2v) is 6.07. The number of aromatic nitrogens is 1. The summed E-state index contributed by atoms with van der Waals surface area (Å²) in [6.45, 7) is 8.77. The molecule has 0 spiro atoms. The lowest BCUT2D eigenvalue weighted by Crippen LogP contribution is -2.42. The summed E-state index contributed by atoms with van der Waals surface area (Å²) in [5.74, 6) is -1.81. The molecule has 1 aromatic heterocycles. The van der Waals surface area contributed by atoms with Crippen LogP contribution >= 0.6 is 0 Å². The van der Waals surface area contributed by atoms with Gasteiger partial charge in [-0.1, -0.05) is 13.8 Å². The number of carbonyl (C=O) groups excluding carboxylic acids is 1. The zero-order chi connectivity index (χ0) is 17.5.